The van der Waals surface area contributed by atoms with E-state index in [1.165, 1.54) is 35.4 Å². The molecule has 0 radical (unpaired) electrons. The molecular formula is C26H24N2O6. The molecule has 34 heavy (non-hydrogen) atoms. The molecule has 1 aliphatic heterocycles. The number of likely N-dealkylation sites (tertiary alicyclic amines) is 1. The van der Waals surface area contributed by atoms with E-state index in [4.69, 9.17) is 4.42 Å². The maximum absolute atomic E-state index is 13.1. The first-order valence-corrected chi connectivity index (χ1v) is 10.7. The number of hydrogen-bond acceptors (Lipinski definition) is 6. The van der Waals surface area contributed by atoms with E-state index in [0.29, 0.717) is 11.3 Å². The molecule has 1 amide bonds. The van der Waals surface area contributed by atoms with E-state index in [9.17, 15) is 24.8 Å². The predicted molar refractivity (Wildman–Crippen MR) is 125 cm³/mol. The minimum absolute atomic E-state index is 0.0228. The Morgan fingerprint density at radius 3 is 2.38 bits per heavy atom. The molecule has 1 aliphatic rings. The van der Waals surface area contributed by atoms with Crippen LogP contribution in [0.5, 0.6) is 0 Å². The van der Waals surface area contributed by atoms with Gasteiger partial charge in [0.25, 0.3) is 17.4 Å². The van der Waals surface area contributed by atoms with Crippen molar-refractivity contribution in [1.29, 1.82) is 0 Å². The van der Waals surface area contributed by atoms with Crippen molar-refractivity contribution in [3.05, 3.63) is 105 Å². The summed E-state index contributed by atoms with van der Waals surface area (Å²) in [5, 5.41) is 22.3. The molecule has 8 heteroatoms. The van der Waals surface area contributed by atoms with Gasteiger partial charge < -0.3 is 14.4 Å². The summed E-state index contributed by atoms with van der Waals surface area (Å²) in [6.07, 6.45) is 1.47. The third-order valence-corrected chi connectivity index (χ3v) is 5.87. The highest BCUT2D eigenvalue weighted by molar-refractivity contribution is 6.46. The zero-order valence-electron chi connectivity index (χ0n) is 19.0. The number of nitro groups is 1. The van der Waals surface area contributed by atoms with Gasteiger partial charge in [-0.25, -0.2) is 0 Å². The van der Waals surface area contributed by atoms with Crippen LogP contribution in [-0.2, 0) is 21.5 Å². The Morgan fingerprint density at radius 2 is 1.79 bits per heavy atom. The number of aliphatic hydroxyl groups excluding tert-OH is 1. The molecule has 1 N–H and O–H groups in total. The lowest BCUT2D eigenvalue weighted by molar-refractivity contribution is -0.384. The number of nitrogens with zero attached hydrogens (tertiary/aromatic N) is 2. The summed E-state index contributed by atoms with van der Waals surface area (Å²) >= 11 is 0. The third-order valence-electron chi connectivity index (χ3n) is 5.87. The molecule has 1 aromatic heterocycles. The summed E-state index contributed by atoms with van der Waals surface area (Å²) < 4.78 is 5.39. The van der Waals surface area contributed by atoms with Crippen molar-refractivity contribution in [3.8, 4) is 0 Å². The number of non-ortho nitro benzene ring substituents is 1. The van der Waals surface area contributed by atoms with Crippen molar-refractivity contribution >= 4 is 23.1 Å². The van der Waals surface area contributed by atoms with Crippen LogP contribution in [0, 0.1) is 10.1 Å². The van der Waals surface area contributed by atoms with Crippen molar-refractivity contribution in [2.45, 2.75) is 38.8 Å². The van der Waals surface area contributed by atoms with Gasteiger partial charge in [-0.1, -0.05) is 57.2 Å². The van der Waals surface area contributed by atoms with Crippen LogP contribution in [0.4, 0.5) is 5.69 Å². The molecule has 1 saturated heterocycles. The van der Waals surface area contributed by atoms with Crippen molar-refractivity contribution < 1.29 is 24.0 Å². The van der Waals surface area contributed by atoms with Crippen LogP contribution in [0.2, 0.25) is 0 Å². The first kappa shape index (κ1) is 23.0. The Balaban J connectivity index is 1.87. The molecule has 4 rings (SSSR count). The highest BCUT2D eigenvalue weighted by atomic mass is 16.6. The van der Waals surface area contributed by atoms with E-state index < -0.39 is 28.4 Å². The lowest BCUT2D eigenvalue weighted by atomic mass is 9.85. The van der Waals surface area contributed by atoms with Crippen LogP contribution >= 0.6 is 0 Å². The van der Waals surface area contributed by atoms with Crippen molar-refractivity contribution in [2.24, 2.45) is 0 Å². The van der Waals surface area contributed by atoms with Crippen molar-refractivity contribution in [1.82, 2.24) is 4.90 Å². The van der Waals surface area contributed by atoms with Crippen LogP contribution in [-0.4, -0.2) is 26.6 Å². The summed E-state index contributed by atoms with van der Waals surface area (Å²) in [4.78, 5) is 38.1. The van der Waals surface area contributed by atoms with E-state index in [1.54, 1.807) is 12.1 Å². The van der Waals surface area contributed by atoms with Crippen LogP contribution in [0.15, 0.2) is 76.9 Å². The fourth-order valence-corrected chi connectivity index (χ4v) is 4.05. The molecule has 174 valence electrons. The van der Waals surface area contributed by atoms with Gasteiger partial charge in [0.05, 0.1) is 29.3 Å². The third kappa shape index (κ3) is 4.22. The topological polar surface area (TPSA) is 114 Å². The highest BCUT2D eigenvalue weighted by Crippen LogP contribution is 2.41. The number of aliphatic hydroxyl groups is 1. The molecule has 2 aromatic carbocycles. The average molecular weight is 460 g/mol. The second-order valence-corrected chi connectivity index (χ2v) is 9.19. The Kier molecular flexibility index (Phi) is 5.83. The van der Waals surface area contributed by atoms with Crippen molar-refractivity contribution in [2.75, 3.05) is 0 Å². The van der Waals surface area contributed by atoms with Crippen LogP contribution in [0.3, 0.4) is 0 Å². The monoisotopic (exact) mass is 460 g/mol. The smallest absolute Gasteiger partial charge is 0.296 e. The number of Topliss-reactive ketones (excluding diaryl/α,β-unsaturated/α-hetero) is 1. The van der Waals surface area contributed by atoms with Gasteiger partial charge in [-0.15, -0.1) is 0 Å². The van der Waals surface area contributed by atoms with Crippen LogP contribution in [0.25, 0.3) is 5.76 Å². The second-order valence-electron chi connectivity index (χ2n) is 9.19. The van der Waals surface area contributed by atoms with Gasteiger partial charge in [-0.3, -0.25) is 19.7 Å². The SMILES string of the molecule is CC(C)(C)c1ccc([C@@H]2/C(=C(\O)c3cccc([N+](=O)[O-])c3)C(=O)C(=O)N2Cc2ccco2)cc1. The molecule has 0 unspecified atom stereocenters. The first-order valence-electron chi connectivity index (χ1n) is 10.7. The number of rotatable bonds is 5. The maximum Gasteiger partial charge on any atom is 0.296 e. The van der Waals surface area contributed by atoms with E-state index >= 15 is 0 Å². The summed E-state index contributed by atoms with van der Waals surface area (Å²) in [6.45, 7) is 6.25. The highest BCUT2D eigenvalue weighted by Gasteiger charge is 2.46. The lowest BCUT2D eigenvalue weighted by Gasteiger charge is -2.26. The van der Waals surface area contributed by atoms with E-state index in [-0.39, 0.29) is 28.8 Å². The van der Waals surface area contributed by atoms with Gasteiger partial charge in [0.2, 0.25) is 0 Å². The molecule has 0 saturated carbocycles. The molecule has 0 spiro atoms. The standard InChI is InChI=1S/C26H24N2O6/c1-26(2,3)18-11-9-16(10-12-18)22-21(23(29)17-6-4-7-19(14-17)28(32)33)24(30)25(31)27(22)15-20-8-5-13-34-20/h4-14,22,29H,15H2,1-3H3/b23-21+/t22-/m1/s1. The first-order chi connectivity index (χ1) is 16.1. The molecular weight excluding hydrogens is 436 g/mol. The summed E-state index contributed by atoms with van der Waals surface area (Å²) in [5.41, 5.74) is 1.32. The van der Waals surface area contributed by atoms with Crippen LogP contribution < -0.4 is 0 Å². The summed E-state index contributed by atoms with van der Waals surface area (Å²) in [7, 11) is 0. The molecule has 2 heterocycles. The number of ketones is 1. The Labute approximate surface area is 196 Å². The van der Waals surface area contributed by atoms with Crippen molar-refractivity contribution in [3.63, 3.8) is 0 Å². The number of amides is 1. The van der Waals surface area contributed by atoms with Gasteiger partial charge >= 0.3 is 0 Å². The largest absolute Gasteiger partial charge is 0.507 e. The van der Waals surface area contributed by atoms with E-state index in [0.717, 1.165) is 5.56 Å². The Bertz CT molecular complexity index is 1280. The molecule has 3 aromatic rings. The van der Waals surface area contributed by atoms with Gasteiger partial charge in [-0.05, 0) is 28.7 Å². The fourth-order valence-electron chi connectivity index (χ4n) is 4.05. The number of nitro benzene ring substituents is 1. The average Bonchev–Trinajstić information content (AvgIpc) is 3.40. The predicted octanol–water partition coefficient (Wildman–Crippen LogP) is 5.11. The molecule has 1 atom stereocenters. The Hall–Kier alpha value is -4.20. The zero-order valence-corrected chi connectivity index (χ0v) is 19.0. The maximum atomic E-state index is 13.1. The quantitative estimate of drug-likeness (QED) is 0.186. The zero-order chi connectivity index (χ0) is 24.6. The summed E-state index contributed by atoms with van der Waals surface area (Å²) in [5.74, 6) is -1.63. The molecule has 0 aliphatic carbocycles. The lowest BCUT2D eigenvalue weighted by Crippen LogP contribution is -2.29. The normalized spacial score (nSPS) is 17.9. The number of hydrogen-bond donors (Lipinski definition) is 1. The van der Waals surface area contributed by atoms with Crippen LogP contribution in [0.1, 0.15) is 49.3 Å². The summed E-state index contributed by atoms with van der Waals surface area (Å²) in [6, 6.07) is 15.3. The number of carbonyl (C=O) groups is 2. The number of benzene rings is 2. The minimum Gasteiger partial charge on any atom is -0.507 e. The van der Waals surface area contributed by atoms with Gasteiger partial charge in [0.15, 0.2) is 0 Å². The Morgan fingerprint density at radius 1 is 1.09 bits per heavy atom. The number of carbonyl (C=O) groups excluding carboxylic acids is 2. The van der Waals surface area contributed by atoms with E-state index in [1.807, 2.05) is 24.3 Å². The molecule has 0 bridgehead atoms. The molecule has 8 nitrogen and oxygen atoms in total. The van der Waals surface area contributed by atoms with E-state index in [2.05, 4.69) is 20.8 Å². The number of furan rings is 1. The minimum atomic E-state index is -0.890. The molecule has 1 fully saturated rings. The van der Waals surface area contributed by atoms with Gasteiger partial charge in [0.1, 0.15) is 11.5 Å². The fraction of sp³-hybridized carbons (Fsp3) is 0.231. The second kappa shape index (κ2) is 8.62. The van der Waals surface area contributed by atoms with Gasteiger partial charge in [-0.2, -0.15) is 0 Å². The van der Waals surface area contributed by atoms with Gasteiger partial charge in [0, 0.05) is 17.7 Å².